The zero-order chi connectivity index (χ0) is 23.8. The number of esters is 1. The minimum atomic E-state index is -0.566. The van der Waals surface area contributed by atoms with Crippen molar-refractivity contribution in [3.05, 3.63) is 76.8 Å². The third-order valence-corrected chi connectivity index (χ3v) is 4.95. The van der Waals surface area contributed by atoms with Gasteiger partial charge in [-0.3, -0.25) is 14.5 Å². The van der Waals surface area contributed by atoms with Gasteiger partial charge >= 0.3 is 5.97 Å². The Labute approximate surface area is 197 Å². The molecule has 2 aromatic carbocycles. The van der Waals surface area contributed by atoms with Gasteiger partial charge < -0.3 is 9.47 Å². The van der Waals surface area contributed by atoms with Gasteiger partial charge in [0.2, 0.25) is 5.88 Å². The molecule has 0 aliphatic carbocycles. The zero-order valence-electron chi connectivity index (χ0n) is 18.2. The van der Waals surface area contributed by atoms with Crippen LogP contribution in [0, 0.1) is 18.3 Å². The Morgan fingerprint density at radius 3 is 2.55 bits per heavy atom. The molecule has 3 aromatic rings. The summed E-state index contributed by atoms with van der Waals surface area (Å²) >= 11 is 6.07. The van der Waals surface area contributed by atoms with Gasteiger partial charge in [-0.15, -0.1) is 0 Å². The number of pyridine rings is 1. The molecular weight excluding hydrogens is 442 g/mol. The molecule has 3 rings (SSSR count). The Morgan fingerprint density at radius 1 is 1.12 bits per heavy atom. The highest BCUT2D eigenvalue weighted by atomic mass is 35.5. The van der Waals surface area contributed by atoms with Crippen molar-refractivity contribution in [1.82, 2.24) is 4.98 Å². The molecule has 1 heterocycles. The van der Waals surface area contributed by atoms with Crippen LogP contribution in [0.3, 0.4) is 0 Å². The Morgan fingerprint density at radius 2 is 1.88 bits per heavy atom. The number of hydrogen-bond acceptors (Lipinski definition) is 6. The fourth-order valence-electron chi connectivity index (χ4n) is 3.15. The second-order valence-electron chi connectivity index (χ2n) is 7.04. The van der Waals surface area contributed by atoms with Crippen molar-refractivity contribution >= 4 is 29.2 Å². The first-order valence-corrected chi connectivity index (χ1v) is 10.6. The van der Waals surface area contributed by atoms with Crippen LogP contribution in [0.2, 0.25) is 5.02 Å². The first-order valence-electron chi connectivity index (χ1n) is 10.2. The maximum Gasteiger partial charge on any atom is 0.326 e. The monoisotopic (exact) mass is 463 g/mol. The third kappa shape index (κ3) is 6.09. The number of ether oxygens (including phenoxy) is 2. The predicted octanol–water partition coefficient (Wildman–Crippen LogP) is 4.56. The van der Waals surface area contributed by atoms with Crippen molar-refractivity contribution in [2.75, 3.05) is 24.7 Å². The van der Waals surface area contributed by atoms with E-state index >= 15 is 0 Å². The van der Waals surface area contributed by atoms with Gasteiger partial charge in [0.25, 0.3) is 5.91 Å². The van der Waals surface area contributed by atoms with Crippen molar-refractivity contribution in [2.24, 2.45) is 0 Å². The van der Waals surface area contributed by atoms with Crippen molar-refractivity contribution in [3.63, 3.8) is 0 Å². The number of nitriles is 1. The van der Waals surface area contributed by atoms with Crippen LogP contribution in [0.4, 0.5) is 5.69 Å². The number of anilines is 1. The average molecular weight is 464 g/mol. The highest BCUT2D eigenvalue weighted by Crippen LogP contribution is 2.26. The van der Waals surface area contributed by atoms with Gasteiger partial charge in [0.05, 0.1) is 12.3 Å². The Kier molecular flexibility index (Phi) is 8.01. The summed E-state index contributed by atoms with van der Waals surface area (Å²) in [5.74, 6) is -1.03. The molecule has 0 N–H and O–H groups in total. The van der Waals surface area contributed by atoms with Crippen molar-refractivity contribution in [3.8, 4) is 23.2 Å². The zero-order valence-corrected chi connectivity index (χ0v) is 19.0. The Bertz CT molecular complexity index is 1190. The second kappa shape index (κ2) is 11.1. The van der Waals surface area contributed by atoms with Gasteiger partial charge in [-0.2, -0.15) is 5.26 Å². The SMILES string of the molecule is CCOC(=O)CN(C(=O)COc1nc(-c2ccccc2)cc(C)c1C#N)c1cccc(Cl)c1. The number of carbonyl (C=O) groups excluding carboxylic acids is 2. The van der Waals surface area contributed by atoms with Gasteiger partial charge in [-0.25, -0.2) is 4.98 Å². The predicted molar refractivity (Wildman–Crippen MR) is 125 cm³/mol. The van der Waals surface area contributed by atoms with Crippen LogP contribution >= 0.6 is 11.6 Å². The van der Waals surface area contributed by atoms with E-state index in [1.807, 2.05) is 30.3 Å². The molecule has 0 radical (unpaired) electrons. The highest BCUT2D eigenvalue weighted by molar-refractivity contribution is 6.31. The summed E-state index contributed by atoms with van der Waals surface area (Å²) in [6, 6.07) is 19.9. The summed E-state index contributed by atoms with van der Waals surface area (Å²) in [7, 11) is 0. The molecule has 0 bridgehead atoms. The summed E-state index contributed by atoms with van der Waals surface area (Å²) < 4.78 is 10.7. The minimum absolute atomic E-state index is 0.0480. The lowest BCUT2D eigenvalue weighted by molar-refractivity contribution is -0.142. The Hall–Kier alpha value is -3.89. The first-order chi connectivity index (χ1) is 15.9. The lowest BCUT2D eigenvalue weighted by atomic mass is 10.1. The third-order valence-electron chi connectivity index (χ3n) is 4.71. The van der Waals surface area contributed by atoms with Gasteiger partial charge in [0, 0.05) is 16.3 Å². The molecule has 33 heavy (non-hydrogen) atoms. The topological polar surface area (TPSA) is 92.5 Å². The number of rotatable bonds is 8. The minimum Gasteiger partial charge on any atom is -0.467 e. The van der Waals surface area contributed by atoms with Gasteiger partial charge in [0.1, 0.15) is 18.2 Å². The number of benzene rings is 2. The van der Waals surface area contributed by atoms with E-state index in [1.165, 1.54) is 4.90 Å². The van der Waals surface area contributed by atoms with Crippen LogP contribution in [0.25, 0.3) is 11.3 Å². The summed E-state index contributed by atoms with van der Waals surface area (Å²) in [6.45, 7) is 2.90. The van der Waals surface area contributed by atoms with Gasteiger partial charge in [0.15, 0.2) is 6.61 Å². The summed E-state index contributed by atoms with van der Waals surface area (Å²) in [4.78, 5) is 30.8. The van der Waals surface area contributed by atoms with E-state index in [1.54, 1.807) is 44.2 Å². The van der Waals surface area contributed by atoms with Gasteiger partial charge in [-0.05, 0) is 43.7 Å². The lowest BCUT2D eigenvalue weighted by Gasteiger charge is -2.22. The second-order valence-corrected chi connectivity index (χ2v) is 7.47. The number of aryl methyl sites for hydroxylation is 1. The summed E-state index contributed by atoms with van der Waals surface area (Å²) in [5.41, 5.74) is 2.80. The quantitative estimate of drug-likeness (QED) is 0.455. The van der Waals surface area contributed by atoms with E-state index in [2.05, 4.69) is 11.1 Å². The molecule has 0 spiro atoms. The number of halogens is 1. The standard InChI is InChI=1S/C25H22ClN3O4/c1-3-32-24(31)15-29(20-11-7-10-19(26)13-20)23(30)16-33-25-21(14-27)17(2)12-22(28-25)18-8-5-4-6-9-18/h4-13H,3,15-16H2,1-2H3. The maximum absolute atomic E-state index is 13.0. The van der Waals surface area contributed by atoms with Gasteiger partial charge in [-0.1, -0.05) is 48.0 Å². The van der Waals surface area contributed by atoms with E-state index < -0.39 is 18.5 Å². The highest BCUT2D eigenvalue weighted by Gasteiger charge is 2.22. The fourth-order valence-corrected chi connectivity index (χ4v) is 3.34. The number of hydrogen-bond donors (Lipinski definition) is 0. The van der Waals surface area contributed by atoms with Crippen LogP contribution < -0.4 is 9.64 Å². The van der Waals surface area contributed by atoms with Crippen LogP contribution in [-0.4, -0.2) is 36.6 Å². The smallest absolute Gasteiger partial charge is 0.326 e. The molecule has 1 amide bonds. The van der Waals surface area contributed by atoms with Crippen molar-refractivity contribution in [2.45, 2.75) is 13.8 Å². The molecule has 168 valence electrons. The molecular formula is C25H22ClN3O4. The van der Waals surface area contributed by atoms with Crippen LogP contribution in [-0.2, 0) is 14.3 Å². The molecule has 0 fully saturated rings. The number of amides is 1. The van der Waals surface area contributed by atoms with E-state index in [0.717, 1.165) is 5.56 Å². The molecule has 0 aliphatic rings. The summed E-state index contributed by atoms with van der Waals surface area (Å²) in [5, 5.41) is 9.99. The largest absolute Gasteiger partial charge is 0.467 e. The van der Waals surface area contributed by atoms with Crippen LogP contribution in [0.1, 0.15) is 18.1 Å². The van der Waals surface area contributed by atoms with E-state index in [4.69, 9.17) is 21.1 Å². The summed E-state index contributed by atoms with van der Waals surface area (Å²) in [6.07, 6.45) is 0. The molecule has 8 heteroatoms. The van der Waals surface area contributed by atoms with E-state index in [0.29, 0.717) is 22.0 Å². The lowest BCUT2D eigenvalue weighted by Crippen LogP contribution is -2.39. The molecule has 0 unspecified atom stereocenters. The fraction of sp³-hybridized carbons (Fsp3) is 0.200. The average Bonchev–Trinajstić information content (AvgIpc) is 2.81. The normalized spacial score (nSPS) is 10.2. The van der Waals surface area contributed by atoms with Crippen LogP contribution in [0.15, 0.2) is 60.7 Å². The van der Waals surface area contributed by atoms with Crippen molar-refractivity contribution < 1.29 is 19.1 Å². The molecule has 0 saturated heterocycles. The van der Waals surface area contributed by atoms with E-state index in [9.17, 15) is 14.9 Å². The molecule has 0 saturated carbocycles. The molecule has 0 atom stereocenters. The molecule has 1 aromatic heterocycles. The first kappa shape index (κ1) is 23.8. The van der Waals surface area contributed by atoms with E-state index in [-0.39, 0.29) is 24.6 Å². The number of carbonyl (C=O) groups is 2. The molecule has 7 nitrogen and oxygen atoms in total. The molecule has 0 aliphatic heterocycles. The number of nitrogens with zero attached hydrogens (tertiary/aromatic N) is 3. The number of aromatic nitrogens is 1. The van der Waals surface area contributed by atoms with Crippen LogP contribution in [0.5, 0.6) is 5.88 Å². The maximum atomic E-state index is 13.0. The Balaban J connectivity index is 1.87. The van der Waals surface area contributed by atoms with Crippen molar-refractivity contribution in [1.29, 1.82) is 5.26 Å².